The molecule has 1 aromatic carbocycles. The zero-order valence-electron chi connectivity index (χ0n) is 11.8. The van der Waals surface area contributed by atoms with Gasteiger partial charge in [0.05, 0.1) is 5.56 Å². The van der Waals surface area contributed by atoms with E-state index in [9.17, 15) is 9.59 Å². The average molecular weight is 274 g/mol. The van der Waals surface area contributed by atoms with Crippen molar-refractivity contribution < 1.29 is 14.3 Å². The molecule has 1 aromatic rings. The van der Waals surface area contributed by atoms with Gasteiger partial charge in [0.2, 0.25) is 0 Å². The summed E-state index contributed by atoms with van der Waals surface area (Å²) in [6, 6.07) is 6.60. The third kappa shape index (κ3) is 4.48. The van der Waals surface area contributed by atoms with Crippen LogP contribution in [-0.2, 0) is 4.74 Å². The van der Waals surface area contributed by atoms with Crippen molar-refractivity contribution in [3.05, 3.63) is 35.4 Å². The van der Waals surface area contributed by atoms with Gasteiger partial charge in [-0.05, 0) is 37.8 Å². The van der Waals surface area contributed by atoms with Crippen molar-refractivity contribution in [1.29, 1.82) is 0 Å². The van der Waals surface area contributed by atoms with Crippen LogP contribution in [0, 0.1) is 0 Å². The molecule has 0 bridgehead atoms. The van der Waals surface area contributed by atoms with E-state index in [2.05, 4.69) is 0 Å². The van der Waals surface area contributed by atoms with Crippen molar-refractivity contribution in [3.8, 4) is 0 Å². The molecule has 0 N–H and O–H groups in total. The SMILES string of the molecule is O=Cc1ccc(C(=O)OC2CCCCCCCC2)cc1. The summed E-state index contributed by atoms with van der Waals surface area (Å²) in [6.45, 7) is 0. The summed E-state index contributed by atoms with van der Waals surface area (Å²) in [7, 11) is 0. The summed E-state index contributed by atoms with van der Waals surface area (Å²) in [6.07, 6.45) is 10.1. The van der Waals surface area contributed by atoms with Crippen LogP contribution < -0.4 is 0 Å². The summed E-state index contributed by atoms with van der Waals surface area (Å²) in [5.74, 6) is -0.272. The first kappa shape index (κ1) is 14.8. The zero-order valence-corrected chi connectivity index (χ0v) is 11.8. The molecule has 0 amide bonds. The van der Waals surface area contributed by atoms with Gasteiger partial charge in [0.15, 0.2) is 0 Å². The first-order valence-corrected chi connectivity index (χ1v) is 7.56. The second kappa shape index (κ2) is 7.83. The third-order valence-corrected chi connectivity index (χ3v) is 3.86. The molecule has 0 atom stereocenters. The summed E-state index contributed by atoms with van der Waals surface area (Å²) in [4.78, 5) is 22.7. The highest BCUT2D eigenvalue weighted by atomic mass is 16.5. The number of carbonyl (C=O) groups is 2. The van der Waals surface area contributed by atoms with Crippen LogP contribution in [-0.4, -0.2) is 18.4 Å². The summed E-state index contributed by atoms with van der Waals surface area (Å²) in [5.41, 5.74) is 1.10. The van der Waals surface area contributed by atoms with Crippen LogP contribution in [0.25, 0.3) is 0 Å². The normalized spacial score (nSPS) is 17.6. The molecule has 20 heavy (non-hydrogen) atoms. The largest absolute Gasteiger partial charge is 0.459 e. The van der Waals surface area contributed by atoms with Gasteiger partial charge in [-0.3, -0.25) is 4.79 Å². The molecule has 1 aliphatic rings. The minimum atomic E-state index is -0.272. The van der Waals surface area contributed by atoms with Gasteiger partial charge in [-0.1, -0.05) is 37.8 Å². The Labute approximate surface area is 120 Å². The van der Waals surface area contributed by atoms with Gasteiger partial charge in [0.1, 0.15) is 12.4 Å². The summed E-state index contributed by atoms with van der Waals surface area (Å²) >= 11 is 0. The molecule has 108 valence electrons. The Kier molecular flexibility index (Phi) is 5.78. The fourth-order valence-corrected chi connectivity index (χ4v) is 2.63. The maximum Gasteiger partial charge on any atom is 0.338 e. The number of rotatable bonds is 3. The molecule has 0 aromatic heterocycles. The molecule has 3 heteroatoms. The lowest BCUT2D eigenvalue weighted by molar-refractivity contribution is 0.0253. The maximum atomic E-state index is 12.1. The molecular weight excluding hydrogens is 252 g/mol. The van der Waals surface area contributed by atoms with E-state index in [1.54, 1.807) is 24.3 Å². The Morgan fingerprint density at radius 2 is 1.50 bits per heavy atom. The molecular formula is C17H22O3. The molecule has 2 rings (SSSR count). The Morgan fingerprint density at radius 3 is 2.05 bits per heavy atom. The fourth-order valence-electron chi connectivity index (χ4n) is 2.63. The van der Waals surface area contributed by atoms with Gasteiger partial charge in [0, 0.05) is 5.56 Å². The molecule has 0 radical (unpaired) electrons. The molecule has 0 aliphatic heterocycles. The zero-order chi connectivity index (χ0) is 14.2. The van der Waals surface area contributed by atoms with E-state index in [0.717, 1.165) is 32.0 Å². The van der Waals surface area contributed by atoms with Gasteiger partial charge in [0.25, 0.3) is 0 Å². The van der Waals surface area contributed by atoms with Crippen LogP contribution in [0.3, 0.4) is 0 Å². The fraction of sp³-hybridized carbons (Fsp3) is 0.529. The summed E-state index contributed by atoms with van der Waals surface area (Å²) < 4.78 is 5.61. The topological polar surface area (TPSA) is 43.4 Å². The number of carbonyl (C=O) groups excluding carboxylic acids is 2. The molecule has 0 saturated heterocycles. The number of aldehydes is 1. The van der Waals surface area contributed by atoms with E-state index < -0.39 is 0 Å². The number of esters is 1. The van der Waals surface area contributed by atoms with Crippen LogP contribution in [0.15, 0.2) is 24.3 Å². The average Bonchev–Trinajstić information content (AvgIpc) is 2.61. The Morgan fingerprint density at radius 1 is 0.950 bits per heavy atom. The first-order valence-electron chi connectivity index (χ1n) is 7.56. The maximum absolute atomic E-state index is 12.1. The molecule has 1 fully saturated rings. The molecule has 1 saturated carbocycles. The monoisotopic (exact) mass is 274 g/mol. The van der Waals surface area contributed by atoms with Crippen molar-refractivity contribution in [2.75, 3.05) is 0 Å². The first-order chi connectivity index (χ1) is 9.79. The highest BCUT2D eigenvalue weighted by Gasteiger charge is 2.16. The smallest absolute Gasteiger partial charge is 0.338 e. The van der Waals surface area contributed by atoms with E-state index in [4.69, 9.17) is 4.74 Å². The Bertz CT molecular complexity index is 426. The standard InChI is InChI=1S/C17H22O3/c18-13-14-9-11-15(12-10-14)17(19)20-16-7-5-3-1-2-4-6-8-16/h9-13,16H,1-8H2. The number of benzene rings is 1. The lowest BCUT2D eigenvalue weighted by atomic mass is 10.1. The van der Waals surface area contributed by atoms with E-state index in [-0.39, 0.29) is 12.1 Å². The van der Waals surface area contributed by atoms with Crippen molar-refractivity contribution in [3.63, 3.8) is 0 Å². The number of ether oxygens (including phenoxy) is 1. The van der Waals surface area contributed by atoms with Gasteiger partial charge in [-0.15, -0.1) is 0 Å². The van der Waals surface area contributed by atoms with Crippen LogP contribution >= 0.6 is 0 Å². The molecule has 0 unspecified atom stereocenters. The molecule has 0 heterocycles. The molecule has 0 spiro atoms. The van der Waals surface area contributed by atoms with Crippen molar-refractivity contribution in [2.24, 2.45) is 0 Å². The predicted octanol–water partition coefficient (Wildman–Crippen LogP) is 4.16. The van der Waals surface area contributed by atoms with Crippen LogP contribution in [0.4, 0.5) is 0 Å². The minimum absolute atomic E-state index is 0.0475. The van der Waals surface area contributed by atoms with Crippen molar-refractivity contribution >= 4 is 12.3 Å². The van der Waals surface area contributed by atoms with Crippen LogP contribution in [0.5, 0.6) is 0 Å². The molecule has 3 nitrogen and oxygen atoms in total. The second-order valence-electron chi connectivity index (χ2n) is 5.47. The summed E-state index contributed by atoms with van der Waals surface area (Å²) in [5, 5.41) is 0. The number of hydrogen-bond donors (Lipinski definition) is 0. The minimum Gasteiger partial charge on any atom is -0.459 e. The predicted molar refractivity (Wildman–Crippen MR) is 78.0 cm³/mol. The highest BCUT2D eigenvalue weighted by Crippen LogP contribution is 2.20. The van der Waals surface area contributed by atoms with Gasteiger partial charge < -0.3 is 4.74 Å². The second-order valence-corrected chi connectivity index (χ2v) is 5.47. The van der Waals surface area contributed by atoms with E-state index in [0.29, 0.717) is 11.1 Å². The van der Waals surface area contributed by atoms with E-state index >= 15 is 0 Å². The van der Waals surface area contributed by atoms with Gasteiger partial charge >= 0.3 is 5.97 Å². The van der Waals surface area contributed by atoms with Crippen LogP contribution in [0.2, 0.25) is 0 Å². The lowest BCUT2D eigenvalue weighted by Crippen LogP contribution is -2.18. The van der Waals surface area contributed by atoms with Gasteiger partial charge in [-0.2, -0.15) is 0 Å². The van der Waals surface area contributed by atoms with E-state index in [1.165, 1.54) is 25.7 Å². The van der Waals surface area contributed by atoms with E-state index in [1.807, 2.05) is 0 Å². The molecule has 1 aliphatic carbocycles. The lowest BCUT2D eigenvalue weighted by Gasteiger charge is -2.17. The highest BCUT2D eigenvalue weighted by molar-refractivity contribution is 5.90. The Hall–Kier alpha value is -1.64. The van der Waals surface area contributed by atoms with Crippen LogP contribution in [0.1, 0.15) is 72.1 Å². The quantitative estimate of drug-likeness (QED) is 0.614. The third-order valence-electron chi connectivity index (χ3n) is 3.86. The Balaban J connectivity index is 1.92. The van der Waals surface area contributed by atoms with Crippen molar-refractivity contribution in [2.45, 2.75) is 57.5 Å². The van der Waals surface area contributed by atoms with Crippen molar-refractivity contribution in [1.82, 2.24) is 0 Å². The number of hydrogen-bond acceptors (Lipinski definition) is 3. The van der Waals surface area contributed by atoms with Gasteiger partial charge in [-0.25, -0.2) is 4.79 Å².